The van der Waals surface area contributed by atoms with Gasteiger partial charge in [0.2, 0.25) is 5.91 Å². The number of carbonyl (C=O) groups excluding carboxylic acids is 1. The number of halogens is 1. The van der Waals surface area contributed by atoms with E-state index >= 15 is 0 Å². The molecule has 0 aliphatic heterocycles. The van der Waals surface area contributed by atoms with Crippen molar-refractivity contribution >= 4 is 5.91 Å². The molecule has 0 radical (unpaired) electrons. The van der Waals surface area contributed by atoms with Crippen molar-refractivity contribution < 1.29 is 14.3 Å². The fourth-order valence-electron chi connectivity index (χ4n) is 2.75. The number of carbonyl (C=O) groups is 1. The first-order valence-corrected chi connectivity index (χ1v) is 7.19. The first-order chi connectivity index (χ1) is 9.48. The predicted octanol–water partition coefficient (Wildman–Crippen LogP) is 2.87. The van der Waals surface area contributed by atoms with Crippen LogP contribution in [0.4, 0.5) is 4.39 Å². The van der Waals surface area contributed by atoms with E-state index in [1.807, 2.05) is 0 Å². The molecule has 0 spiro atoms. The lowest BCUT2D eigenvalue weighted by molar-refractivity contribution is -0.137. The van der Waals surface area contributed by atoms with Crippen molar-refractivity contribution in [3.8, 4) is 0 Å². The second-order valence-corrected chi connectivity index (χ2v) is 5.84. The molecule has 0 atom stereocenters. The summed E-state index contributed by atoms with van der Waals surface area (Å²) in [6.07, 6.45) is 4.73. The van der Waals surface area contributed by atoms with E-state index in [-0.39, 0.29) is 18.1 Å². The van der Waals surface area contributed by atoms with Crippen molar-refractivity contribution in [3.05, 3.63) is 35.6 Å². The average Bonchev–Trinajstić information content (AvgIpc) is 2.41. The van der Waals surface area contributed by atoms with Gasteiger partial charge in [-0.3, -0.25) is 4.79 Å². The normalized spacial score (nSPS) is 17.8. The van der Waals surface area contributed by atoms with Gasteiger partial charge in [-0.2, -0.15) is 0 Å². The Labute approximate surface area is 119 Å². The van der Waals surface area contributed by atoms with E-state index in [1.54, 1.807) is 24.1 Å². The van der Waals surface area contributed by atoms with Crippen LogP contribution in [0.2, 0.25) is 0 Å². The molecule has 20 heavy (non-hydrogen) atoms. The van der Waals surface area contributed by atoms with Gasteiger partial charge in [0.1, 0.15) is 5.82 Å². The first kappa shape index (κ1) is 15.0. The fraction of sp³-hybridized carbons (Fsp3) is 0.562. The summed E-state index contributed by atoms with van der Waals surface area (Å²) < 4.78 is 12.8. The SMILES string of the molecule is CN(Cc1ccc(F)cc1)C(=O)CC1(O)CCCCC1. The summed E-state index contributed by atoms with van der Waals surface area (Å²) in [6, 6.07) is 6.13. The van der Waals surface area contributed by atoms with E-state index in [0.717, 1.165) is 24.8 Å². The van der Waals surface area contributed by atoms with Gasteiger partial charge >= 0.3 is 0 Å². The molecule has 3 nitrogen and oxygen atoms in total. The zero-order valence-electron chi connectivity index (χ0n) is 11.9. The molecule has 1 aliphatic rings. The zero-order chi connectivity index (χ0) is 14.6. The van der Waals surface area contributed by atoms with Crippen molar-refractivity contribution in [2.45, 2.75) is 50.7 Å². The van der Waals surface area contributed by atoms with Crippen LogP contribution in [0.3, 0.4) is 0 Å². The number of rotatable bonds is 4. The minimum Gasteiger partial charge on any atom is -0.389 e. The summed E-state index contributed by atoms with van der Waals surface area (Å²) in [6.45, 7) is 0.440. The lowest BCUT2D eigenvalue weighted by Gasteiger charge is -2.32. The van der Waals surface area contributed by atoms with Gasteiger partial charge in [-0.05, 0) is 30.5 Å². The summed E-state index contributed by atoms with van der Waals surface area (Å²) >= 11 is 0. The van der Waals surface area contributed by atoms with Gasteiger partial charge in [-0.15, -0.1) is 0 Å². The van der Waals surface area contributed by atoms with Crippen LogP contribution in [0.15, 0.2) is 24.3 Å². The molecule has 1 N–H and O–H groups in total. The van der Waals surface area contributed by atoms with E-state index in [4.69, 9.17) is 0 Å². The quantitative estimate of drug-likeness (QED) is 0.920. The van der Waals surface area contributed by atoms with Crippen LogP contribution in [0.5, 0.6) is 0 Å². The predicted molar refractivity (Wildman–Crippen MR) is 75.5 cm³/mol. The maximum atomic E-state index is 12.8. The molecule has 0 bridgehead atoms. The summed E-state index contributed by atoms with van der Waals surface area (Å²) in [7, 11) is 1.72. The summed E-state index contributed by atoms with van der Waals surface area (Å²) in [5, 5.41) is 10.4. The number of nitrogens with zero attached hydrogens (tertiary/aromatic N) is 1. The Morgan fingerprint density at radius 3 is 2.45 bits per heavy atom. The Bertz CT molecular complexity index is 452. The van der Waals surface area contributed by atoms with Crippen LogP contribution >= 0.6 is 0 Å². The Morgan fingerprint density at radius 1 is 1.25 bits per heavy atom. The zero-order valence-corrected chi connectivity index (χ0v) is 11.9. The molecule has 0 aromatic heterocycles. The number of aliphatic hydroxyl groups is 1. The van der Waals surface area contributed by atoms with Crippen LogP contribution in [-0.2, 0) is 11.3 Å². The minimum absolute atomic E-state index is 0.0567. The van der Waals surface area contributed by atoms with Crippen LogP contribution in [0, 0.1) is 5.82 Å². The van der Waals surface area contributed by atoms with Crippen molar-refractivity contribution in [2.75, 3.05) is 7.05 Å². The van der Waals surface area contributed by atoms with Crippen molar-refractivity contribution in [1.29, 1.82) is 0 Å². The minimum atomic E-state index is -0.827. The molecule has 1 saturated carbocycles. The third kappa shape index (κ3) is 4.04. The Balaban J connectivity index is 1.89. The Hall–Kier alpha value is -1.42. The smallest absolute Gasteiger partial charge is 0.225 e. The molecular formula is C16H22FNO2. The molecule has 2 rings (SSSR count). The Morgan fingerprint density at radius 2 is 1.85 bits per heavy atom. The number of benzene rings is 1. The van der Waals surface area contributed by atoms with E-state index in [1.165, 1.54) is 12.1 Å². The highest BCUT2D eigenvalue weighted by molar-refractivity contribution is 5.77. The van der Waals surface area contributed by atoms with E-state index in [2.05, 4.69) is 0 Å². The molecular weight excluding hydrogens is 257 g/mol. The molecule has 0 saturated heterocycles. The number of amides is 1. The topological polar surface area (TPSA) is 40.5 Å². The Kier molecular flexibility index (Phi) is 4.76. The number of hydrogen-bond donors (Lipinski definition) is 1. The summed E-state index contributed by atoms with van der Waals surface area (Å²) in [5.41, 5.74) is 0.0599. The second-order valence-electron chi connectivity index (χ2n) is 5.84. The molecule has 1 aromatic rings. The first-order valence-electron chi connectivity index (χ1n) is 7.19. The molecule has 4 heteroatoms. The lowest BCUT2D eigenvalue weighted by atomic mass is 9.82. The van der Waals surface area contributed by atoms with Gasteiger partial charge in [0.25, 0.3) is 0 Å². The molecule has 1 fully saturated rings. The average molecular weight is 279 g/mol. The standard InChI is InChI=1S/C16H22FNO2/c1-18(12-13-5-7-14(17)8-6-13)15(19)11-16(20)9-3-2-4-10-16/h5-8,20H,2-4,9-12H2,1H3. The largest absolute Gasteiger partial charge is 0.389 e. The van der Waals surface area contributed by atoms with Gasteiger partial charge < -0.3 is 10.0 Å². The molecule has 1 amide bonds. The van der Waals surface area contributed by atoms with E-state index in [0.29, 0.717) is 19.4 Å². The van der Waals surface area contributed by atoms with Crippen molar-refractivity contribution in [3.63, 3.8) is 0 Å². The van der Waals surface area contributed by atoms with Gasteiger partial charge in [-0.1, -0.05) is 31.4 Å². The second kappa shape index (κ2) is 6.35. The third-order valence-corrected chi connectivity index (χ3v) is 4.02. The number of hydrogen-bond acceptors (Lipinski definition) is 2. The van der Waals surface area contributed by atoms with Gasteiger partial charge in [0, 0.05) is 13.6 Å². The molecule has 0 unspecified atom stereocenters. The molecule has 1 aliphatic carbocycles. The van der Waals surface area contributed by atoms with Crippen LogP contribution in [-0.4, -0.2) is 28.6 Å². The highest BCUT2D eigenvalue weighted by atomic mass is 19.1. The van der Waals surface area contributed by atoms with Crippen LogP contribution in [0.1, 0.15) is 44.1 Å². The van der Waals surface area contributed by atoms with E-state index in [9.17, 15) is 14.3 Å². The van der Waals surface area contributed by atoms with E-state index < -0.39 is 5.60 Å². The molecule has 0 heterocycles. The van der Waals surface area contributed by atoms with Gasteiger partial charge in [0.05, 0.1) is 12.0 Å². The van der Waals surface area contributed by atoms with Gasteiger partial charge in [-0.25, -0.2) is 4.39 Å². The van der Waals surface area contributed by atoms with Gasteiger partial charge in [0.15, 0.2) is 0 Å². The summed E-state index contributed by atoms with van der Waals surface area (Å²) in [4.78, 5) is 13.8. The maximum absolute atomic E-state index is 12.8. The van der Waals surface area contributed by atoms with Crippen molar-refractivity contribution in [1.82, 2.24) is 4.90 Å². The van der Waals surface area contributed by atoms with Crippen molar-refractivity contribution in [2.24, 2.45) is 0 Å². The molecule has 1 aromatic carbocycles. The monoisotopic (exact) mass is 279 g/mol. The highest BCUT2D eigenvalue weighted by Gasteiger charge is 2.32. The lowest BCUT2D eigenvalue weighted by Crippen LogP contribution is -2.39. The highest BCUT2D eigenvalue weighted by Crippen LogP contribution is 2.31. The molecule has 110 valence electrons. The van der Waals surface area contributed by atoms with Crippen LogP contribution in [0.25, 0.3) is 0 Å². The van der Waals surface area contributed by atoms with Crippen LogP contribution < -0.4 is 0 Å². The fourth-order valence-corrected chi connectivity index (χ4v) is 2.75. The third-order valence-electron chi connectivity index (χ3n) is 4.02. The summed E-state index contributed by atoms with van der Waals surface area (Å²) in [5.74, 6) is -0.335. The maximum Gasteiger partial charge on any atom is 0.225 e.